The fourth-order valence-electron chi connectivity index (χ4n) is 2.97. The van der Waals surface area contributed by atoms with Crippen molar-refractivity contribution in [2.45, 2.75) is 17.9 Å². The number of imidazole rings is 1. The number of benzene rings is 2. The van der Waals surface area contributed by atoms with Crippen LogP contribution in [0.4, 0.5) is 18.9 Å². The number of carbonyl (C=O) groups excluding carboxylic acids is 1. The van der Waals surface area contributed by atoms with Gasteiger partial charge in [0.1, 0.15) is 0 Å². The second-order valence-corrected chi connectivity index (χ2v) is 7.06. The van der Waals surface area contributed by atoms with Gasteiger partial charge in [-0.3, -0.25) is 4.79 Å². The highest BCUT2D eigenvalue weighted by Crippen LogP contribution is 2.34. The van der Waals surface area contributed by atoms with Gasteiger partial charge in [0.05, 0.1) is 22.5 Å². The van der Waals surface area contributed by atoms with Crippen LogP contribution in [0.1, 0.15) is 15.9 Å². The molecule has 0 radical (unpaired) electrons. The second-order valence-electron chi connectivity index (χ2n) is 5.99. The minimum absolute atomic E-state index is 0.414. The maximum Gasteiger partial charge on any atom is 0.417 e. The zero-order valence-corrected chi connectivity index (χ0v) is 14.8. The topological polar surface area (TPSA) is 46.9 Å². The molecule has 1 aliphatic rings. The van der Waals surface area contributed by atoms with E-state index in [1.807, 2.05) is 10.8 Å². The van der Waals surface area contributed by atoms with Crippen molar-refractivity contribution in [1.29, 1.82) is 0 Å². The second kappa shape index (κ2) is 6.77. The number of anilines is 1. The number of para-hydroxylation sites is 1. The number of hydrogen-bond donors (Lipinski definition) is 1. The lowest BCUT2D eigenvalue weighted by Gasteiger charge is -2.14. The average molecular weight is 389 g/mol. The van der Waals surface area contributed by atoms with Crippen LogP contribution in [0.25, 0.3) is 11.3 Å². The van der Waals surface area contributed by atoms with Gasteiger partial charge in [-0.15, -0.1) is 0 Å². The molecule has 2 aromatic carbocycles. The summed E-state index contributed by atoms with van der Waals surface area (Å²) < 4.78 is 41.6. The van der Waals surface area contributed by atoms with Gasteiger partial charge < -0.3 is 9.88 Å². The molecule has 0 spiro atoms. The molecular formula is C19H14F3N3OS. The fourth-order valence-corrected chi connectivity index (χ4v) is 3.92. The van der Waals surface area contributed by atoms with Gasteiger partial charge >= 0.3 is 6.18 Å². The Hall–Kier alpha value is -2.74. The summed E-state index contributed by atoms with van der Waals surface area (Å²) in [5, 5.41) is 3.50. The van der Waals surface area contributed by atoms with E-state index in [9.17, 15) is 18.0 Å². The number of amides is 1. The highest BCUT2D eigenvalue weighted by Gasteiger charge is 2.35. The van der Waals surface area contributed by atoms with E-state index in [1.165, 1.54) is 18.2 Å². The van der Waals surface area contributed by atoms with Crippen LogP contribution in [0.2, 0.25) is 0 Å². The molecule has 0 unspecified atom stereocenters. The number of hydrogen-bond acceptors (Lipinski definition) is 3. The molecule has 1 N–H and O–H groups in total. The van der Waals surface area contributed by atoms with Gasteiger partial charge in [0, 0.05) is 24.1 Å². The van der Waals surface area contributed by atoms with E-state index >= 15 is 0 Å². The van der Waals surface area contributed by atoms with Gasteiger partial charge in [-0.25, -0.2) is 4.98 Å². The molecule has 138 valence electrons. The lowest BCUT2D eigenvalue weighted by molar-refractivity contribution is -0.137. The number of aromatic nitrogens is 2. The minimum atomic E-state index is -4.60. The quantitative estimate of drug-likeness (QED) is 0.691. The molecule has 4 rings (SSSR count). The normalized spacial score (nSPS) is 13.4. The summed E-state index contributed by atoms with van der Waals surface area (Å²) in [7, 11) is 0. The number of nitrogens with one attached hydrogen (secondary N) is 1. The summed E-state index contributed by atoms with van der Waals surface area (Å²) in [5.74, 6) is 0.159. The van der Waals surface area contributed by atoms with E-state index < -0.39 is 23.2 Å². The van der Waals surface area contributed by atoms with Crippen LogP contribution in [0.3, 0.4) is 0 Å². The molecule has 1 aromatic heterocycles. The molecule has 0 saturated heterocycles. The first-order chi connectivity index (χ1) is 12.9. The number of fused-ring (bicyclic) bond motifs is 1. The minimum Gasteiger partial charge on any atom is -0.325 e. The van der Waals surface area contributed by atoms with Crippen molar-refractivity contribution >= 4 is 23.4 Å². The number of alkyl halides is 3. The first-order valence-corrected chi connectivity index (χ1v) is 9.19. The summed E-state index contributed by atoms with van der Waals surface area (Å²) in [4.78, 5) is 17.1. The van der Waals surface area contributed by atoms with E-state index in [0.717, 1.165) is 23.5 Å². The van der Waals surface area contributed by atoms with Gasteiger partial charge in [0.2, 0.25) is 0 Å². The van der Waals surface area contributed by atoms with Crippen molar-refractivity contribution in [2.24, 2.45) is 0 Å². The average Bonchev–Trinajstić information content (AvgIpc) is 3.23. The van der Waals surface area contributed by atoms with Crippen LogP contribution < -0.4 is 5.32 Å². The van der Waals surface area contributed by atoms with Crippen LogP contribution in [0, 0.1) is 0 Å². The molecule has 0 saturated carbocycles. The molecule has 0 bridgehead atoms. The first kappa shape index (κ1) is 17.7. The lowest BCUT2D eigenvalue weighted by atomic mass is 10.1. The van der Waals surface area contributed by atoms with Crippen molar-refractivity contribution in [3.8, 4) is 11.3 Å². The molecule has 2 heterocycles. The number of halogens is 3. The van der Waals surface area contributed by atoms with Crippen molar-refractivity contribution in [3.63, 3.8) is 0 Å². The summed E-state index contributed by atoms with van der Waals surface area (Å²) in [6.45, 7) is 0.862. The van der Waals surface area contributed by atoms with Crippen molar-refractivity contribution in [3.05, 3.63) is 65.9 Å². The Balaban J connectivity index is 1.67. The molecule has 8 heteroatoms. The smallest absolute Gasteiger partial charge is 0.325 e. The van der Waals surface area contributed by atoms with Gasteiger partial charge in [0.25, 0.3) is 5.91 Å². The largest absolute Gasteiger partial charge is 0.417 e. The van der Waals surface area contributed by atoms with Gasteiger partial charge in [0.15, 0.2) is 5.16 Å². The maximum atomic E-state index is 13.2. The highest BCUT2D eigenvalue weighted by atomic mass is 32.2. The Kier molecular flexibility index (Phi) is 4.43. The molecule has 0 atom stereocenters. The zero-order valence-electron chi connectivity index (χ0n) is 14.0. The molecular weight excluding hydrogens is 375 g/mol. The van der Waals surface area contributed by atoms with Crippen molar-refractivity contribution < 1.29 is 18.0 Å². The van der Waals surface area contributed by atoms with Gasteiger partial charge in [-0.05, 0) is 18.2 Å². The SMILES string of the molecule is O=C(Nc1ccccc1-c1cn2c(n1)SCC2)c1ccccc1C(F)(F)F. The molecule has 27 heavy (non-hydrogen) atoms. The Labute approximate surface area is 157 Å². The molecule has 0 aliphatic carbocycles. The molecule has 0 fully saturated rings. The van der Waals surface area contributed by atoms with Crippen LogP contribution >= 0.6 is 11.8 Å². The third-order valence-electron chi connectivity index (χ3n) is 4.23. The summed E-state index contributed by atoms with van der Waals surface area (Å²) >= 11 is 1.64. The highest BCUT2D eigenvalue weighted by molar-refractivity contribution is 7.99. The molecule has 4 nitrogen and oxygen atoms in total. The van der Waals surface area contributed by atoms with E-state index in [-0.39, 0.29) is 0 Å². The molecule has 3 aromatic rings. The van der Waals surface area contributed by atoms with Crippen LogP contribution in [0.5, 0.6) is 0 Å². The number of thioether (sulfide) groups is 1. The Morgan fingerprint density at radius 3 is 2.63 bits per heavy atom. The van der Waals surface area contributed by atoms with Crippen LogP contribution in [-0.4, -0.2) is 21.2 Å². The van der Waals surface area contributed by atoms with Crippen LogP contribution in [0.15, 0.2) is 59.9 Å². The third kappa shape index (κ3) is 3.44. The number of nitrogens with zero attached hydrogens (tertiary/aromatic N) is 2. The van der Waals surface area contributed by atoms with Crippen molar-refractivity contribution in [2.75, 3.05) is 11.1 Å². The van der Waals surface area contributed by atoms with E-state index in [0.29, 0.717) is 16.9 Å². The summed E-state index contributed by atoms with van der Waals surface area (Å²) in [6, 6.07) is 11.7. The zero-order chi connectivity index (χ0) is 19.0. The number of aryl methyl sites for hydroxylation is 1. The number of rotatable bonds is 3. The Bertz CT molecular complexity index is 992. The monoisotopic (exact) mass is 389 g/mol. The van der Waals surface area contributed by atoms with Crippen molar-refractivity contribution in [1.82, 2.24) is 9.55 Å². The van der Waals surface area contributed by atoms with E-state index in [2.05, 4.69) is 10.3 Å². The maximum absolute atomic E-state index is 13.2. The summed E-state index contributed by atoms with van der Waals surface area (Å²) in [6.07, 6.45) is -2.71. The molecule has 1 amide bonds. The van der Waals surface area contributed by atoms with E-state index in [1.54, 1.807) is 36.0 Å². The lowest BCUT2D eigenvalue weighted by Crippen LogP contribution is -2.19. The fraction of sp³-hybridized carbons (Fsp3) is 0.158. The Morgan fingerprint density at radius 2 is 1.85 bits per heavy atom. The van der Waals surface area contributed by atoms with E-state index in [4.69, 9.17) is 0 Å². The first-order valence-electron chi connectivity index (χ1n) is 8.20. The Morgan fingerprint density at radius 1 is 1.11 bits per heavy atom. The van der Waals surface area contributed by atoms with Gasteiger partial charge in [-0.1, -0.05) is 42.1 Å². The third-order valence-corrected chi connectivity index (χ3v) is 5.20. The van der Waals surface area contributed by atoms with Crippen LogP contribution in [-0.2, 0) is 12.7 Å². The van der Waals surface area contributed by atoms with Gasteiger partial charge in [-0.2, -0.15) is 13.2 Å². The standard InChI is InChI=1S/C19H14F3N3OS/c20-19(21,22)14-7-3-1-5-12(14)17(26)23-15-8-4-2-6-13(15)16-11-25-9-10-27-18(25)24-16/h1-8,11H,9-10H2,(H,23,26). The number of carbonyl (C=O) groups is 1. The molecule has 1 aliphatic heterocycles. The predicted octanol–water partition coefficient (Wildman–Crippen LogP) is 4.93. The predicted molar refractivity (Wildman–Crippen MR) is 97.8 cm³/mol. The summed E-state index contributed by atoms with van der Waals surface area (Å²) in [5.41, 5.74) is 0.385.